The van der Waals surface area contributed by atoms with Gasteiger partial charge in [-0.05, 0) is 59.7 Å². The Hall–Kier alpha value is -3.01. The van der Waals surface area contributed by atoms with Crippen molar-refractivity contribution in [1.82, 2.24) is 9.88 Å². The van der Waals surface area contributed by atoms with Gasteiger partial charge in [-0.25, -0.2) is 4.98 Å². The van der Waals surface area contributed by atoms with Crippen LogP contribution >= 0.6 is 0 Å². The standard InChI is InChI=1S/C28H30N4O2/c1-28(2)23-15-25(32-7-5-20(6-8-32)31-9-11-34-12-10-31)30-17-22(23)27(33)26-21-4-3-18(16-29)13-19(21)14-24(26)28/h3-4,13,15,17,20H,5-12,14H2,1-2H3. The number of hydrogen-bond acceptors (Lipinski definition) is 6. The van der Waals surface area contributed by atoms with Crippen molar-refractivity contribution in [2.75, 3.05) is 44.3 Å². The number of fused-ring (bicyclic) bond motifs is 3. The van der Waals surface area contributed by atoms with E-state index in [1.165, 1.54) is 5.57 Å². The van der Waals surface area contributed by atoms with E-state index in [4.69, 9.17) is 9.72 Å². The highest BCUT2D eigenvalue weighted by molar-refractivity contribution is 6.32. The number of hydrogen-bond donors (Lipinski definition) is 0. The number of anilines is 1. The maximum absolute atomic E-state index is 13.6. The predicted octanol–water partition coefficient (Wildman–Crippen LogP) is 3.74. The summed E-state index contributed by atoms with van der Waals surface area (Å²) in [4.78, 5) is 23.3. The van der Waals surface area contributed by atoms with Crippen molar-refractivity contribution in [1.29, 1.82) is 5.26 Å². The van der Waals surface area contributed by atoms with Gasteiger partial charge in [0.25, 0.3) is 0 Å². The lowest BCUT2D eigenvalue weighted by atomic mass is 9.69. The molecule has 4 aliphatic rings. The number of carbonyl (C=O) groups is 1. The van der Waals surface area contributed by atoms with Gasteiger partial charge in [0.1, 0.15) is 5.82 Å². The van der Waals surface area contributed by atoms with Gasteiger partial charge in [0.2, 0.25) is 0 Å². The minimum absolute atomic E-state index is 0.0675. The number of pyridine rings is 1. The number of piperidine rings is 1. The number of Topliss-reactive ketones (excluding diaryl/α,β-unsaturated/α-hetero) is 1. The van der Waals surface area contributed by atoms with Crippen molar-refractivity contribution in [2.45, 2.75) is 44.6 Å². The number of aromatic nitrogens is 1. The molecule has 2 aromatic rings. The normalized spacial score (nSPS) is 22.3. The lowest BCUT2D eigenvalue weighted by Gasteiger charge is -2.41. The summed E-state index contributed by atoms with van der Waals surface area (Å²) in [5, 5.41) is 9.32. The first-order valence-electron chi connectivity index (χ1n) is 12.4. The maximum Gasteiger partial charge on any atom is 0.195 e. The summed E-state index contributed by atoms with van der Waals surface area (Å²) >= 11 is 0. The van der Waals surface area contributed by atoms with Crippen LogP contribution in [0.2, 0.25) is 0 Å². The Bertz CT molecular complexity index is 1240. The first-order chi connectivity index (χ1) is 16.5. The van der Waals surface area contributed by atoms with Gasteiger partial charge in [-0.3, -0.25) is 9.69 Å². The number of rotatable bonds is 2. The molecule has 2 aliphatic carbocycles. The van der Waals surface area contributed by atoms with E-state index in [2.05, 4.69) is 35.8 Å². The molecule has 6 heteroatoms. The van der Waals surface area contributed by atoms with Crippen molar-refractivity contribution >= 4 is 17.2 Å². The number of morpholine rings is 1. The predicted molar refractivity (Wildman–Crippen MR) is 131 cm³/mol. The average molecular weight is 455 g/mol. The Balaban J connectivity index is 1.27. The number of ether oxygens (including phenoxy) is 1. The van der Waals surface area contributed by atoms with E-state index in [0.29, 0.717) is 17.2 Å². The van der Waals surface area contributed by atoms with Crippen LogP contribution in [-0.2, 0) is 16.6 Å². The fourth-order valence-corrected chi connectivity index (χ4v) is 6.30. The summed E-state index contributed by atoms with van der Waals surface area (Å²) in [6.07, 6.45) is 4.79. The highest BCUT2D eigenvalue weighted by atomic mass is 16.5. The quantitative estimate of drug-likeness (QED) is 0.689. The Labute approximate surface area is 200 Å². The zero-order chi connectivity index (χ0) is 23.4. The van der Waals surface area contributed by atoms with E-state index < -0.39 is 0 Å². The fraction of sp³-hybridized carbons (Fsp3) is 0.464. The highest BCUT2D eigenvalue weighted by Gasteiger charge is 2.43. The molecular weight excluding hydrogens is 424 g/mol. The zero-order valence-corrected chi connectivity index (χ0v) is 19.9. The molecule has 0 spiro atoms. The Morgan fingerprint density at radius 3 is 2.59 bits per heavy atom. The van der Waals surface area contributed by atoms with E-state index in [0.717, 1.165) is 86.7 Å². The Morgan fingerprint density at radius 2 is 1.85 bits per heavy atom. The molecular formula is C28H30N4O2. The lowest BCUT2D eigenvalue weighted by molar-refractivity contribution is 0.0115. The smallest absolute Gasteiger partial charge is 0.195 e. The molecule has 3 heterocycles. The third-order valence-corrected chi connectivity index (χ3v) is 8.31. The van der Waals surface area contributed by atoms with Crippen LogP contribution in [0.4, 0.5) is 5.82 Å². The van der Waals surface area contributed by atoms with Gasteiger partial charge in [0, 0.05) is 55.0 Å². The van der Waals surface area contributed by atoms with Crippen LogP contribution in [-0.4, -0.2) is 61.1 Å². The van der Waals surface area contributed by atoms with Gasteiger partial charge < -0.3 is 9.64 Å². The molecule has 174 valence electrons. The van der Waals surface area contributed by atoms with Gasteiger partial charge in [0.05, 0.1) is 24.8 Å². The van der Waals surface area contributed by atoms with Crippen molar-refractivity contribution in [3.63, 3.8) is 0 Å². The third kappa shape index (κ3) is 3.30. The summed E-state index contributed by atoms with van der Waals surface area (Å²) in [6, 6.07) is 10.7. The van der Waals surface area contributed by atoms with E-state index in [-0.39, 0.29) is 11.2 Å². The second-order valence-corrected chi connectivity index (χ2v) is 10.4. The van der Waals surface area contributed by atoms with Gasteiger partial charge >= 0.3 is 0 Å². The molecule has 6 rings (SSSR count). The van der Waals surface area contributed by atoms with Gasteiger partial charge in [0.15, 0.2) is 5.78 Å². The Kier molecular flexibility index (Phi) is 5.09. The maximum atomic E-state index is 13.6. The van der Waals surface area contributed by atoms with Crippen LogP contribution in [0, 0.1) is 11.3 Å². The summed E-state index contributed by atoms with van der Waals surface area (Å²) in [5.41, 5.74) is 6.21. The van der Waals surface area contributed by atoms with Crippen molar-refractivity contribution < 1.29 is 9.53 Å². The molecule has 0 N–H and O–H groups in total. The molecule has 6 nitrogen and oxygen atoms in total. The molecule has 0 radical (unpaired) electrons. The van der Waals surface area contributed by atoms with Gasteiger partial charge in [-0.2, -0.15) is 5.26 Å². The molecule has 1 aromatic carbocycles. The number of carbonyl (C=O) groups excluding carboxylic acids is 1. The van der Waals surface area contributed by atoms with Crippen LogP contribution in [0.3, 0.4) is 0 Å². The molecule has 0 unspecified atom stereocenters. The minimum atomic E-state index is -0.270. The molecule has 0 atom stereocenters. The van der Waals surface area contributed by atoms with E-state index >= 15 is 0 Å². The number of ketones is 1. The first-order valence-corrected chi connectivity index (χ1v) is 12.4. The third-order valence-electron chi connectivity index (χ3n) is 8.31. The van der Waals surface area contributed by atoms with Crippen molar-refractivity contribution in [3.8, 4) is 6.07 Å². The summed E-state index contributed by atoms with van der Waals surface area (Å²) in [5.74, 6) is 1.05. The number of benzene rings is 1. The largest absolute Gasteiger partial charge is 0.379 e. The molecule has 0 saturated carbocycles. The average Bonchev–Trinajstić information content (AvgIpc) is 3.28. The van der Waals surface area contributed by atoms with Gasteiger partial charge in [-0.15, -0.1) is 0 Å². The van der Waals surface area contributed by atoms with Gasteiger partial charge in [-0.1, -0.05) is 19.9 Å². The lowest BCUT2D eigenvalue weighted by Crippen LogP contribution is -2.49. The molecule has 2 aliphatic heterocycles. The van der Waals surface area contributed by atoms with Crippen LogP contribution < -0.4 is 4.90 Å². The fourth-order valence-electron chi connectivity index (χ4n) is 6.30. The SMILES string of the molecule is CC1(C)C2=C(C(=O)c3cnc(N4CCC(N5CCOCC5)CC4)cc31)c1ccc(C#N)cc1C2. The summed E-state index contributed by atoms with van der Waals surface area (Å²) in [6.45, 7) is 10.2. The molecule has 1 aromatic heterocycles. The number of nitrogens with zero attached hydrogens (tertiary/aromatic N) is 4. The molecule has 0 bridgehead atoms. The molecule has 34 heavy (non-hydrogen) atoms. The second-order valence-electron chi connectivity index (χ2n) is 10.4. The van der Waals surface area contributed by atoms with E-state index in [9.17, 15) is 10.1 Å². The molecule has 2 fully saturated rings. The minimum Gasteiger partial charge on any atom is -0.379 e. The van der Waals surface area contributed by atoms with Crippen molar-refractivity contribution in [3.05, 3.63) is 63.9 Å². The summed E-state index contributed by atoms with van der Waals surface area (Å²) in [7, 11) is 0. The number of allylic oxidation sites excluding steroid dienone is 2. The Morgan fingerprint density at radius 1 is 1.09 bits per heavy atom. The monoisotopic (exact) mass is 454 g/mol. The van der Waals surface area contributed by atoms with Crippen LogP contribution in [0.5, 0.6) is 0 Å². The first kappa shape index (κ1) is 21.5. The molecule has 2 saturated heterocycles. The van der Waals surface area contributed by atoms with E-state index in [1.54, 1.807) is 6.20 Å². The second kappa shape index (κ2) is 8.04. The van der Waals surface area contributed by atoms with Crippen LogP contribution in [0.25, 0.3) is 5.57 Å². The van der Waals surface area contributed by atoms with Crippen LogP contribution in [0.15, 0.2) is 36.0 Å². The topological polar surface area (TPSA) is 69.5 Å². The highest BCUT2D eigenvalue weighted by Crippen LogP contribution is 2.50. The zero-order valence-electron chi connectivity index (χ0n) is 19.9. The van der Waals surface area contributed by atoms with E-state index in [1.807, 2.05) is 18.2 Å². The summed E-state index contributed by atoms with van der Waals surface area (Å²) < 4.78 is 5.52. The van der Waals surface area contributed by atoms with Crippen LogP contribution in [0.1, 0.15) is 59.3 Å². The van der Waals surface area contributed by atoms with Crippen molar-refractivity contribution in [2.24, 2.45) is 0 Å². The molecule has 0 amide bonds. The number of nitriles is 1.